The SMILES string of the molecule is CCNCc1cc(F)ccc1OCOCC(F)(F)F. The largest absolute Gasteiger partial charge is 0.467 e. The average molecular weight is 281 g/mol. The molecule has 3 nitrogen and oxygen atoms in total. The van der Waals surface area contributed by atoms with Crippen LogP contribution in [0.25, 0.3) is 0 Å². The van der Waals surface area contributed by atoms with E-state index >= 15 is 0 Å². The van der Waals surface area contributed by atoms with Crippen LogP contribution in [0.3, 0.4) is 0 Å². The number of rotatable bonds is 7. The summed E-state index contributed by atoms with van der Waals surface area (Å²) in [6.45, 7) is 1.01. The van der Waals surface area contributed by atoms with E-state index in [1.807, 2.05) is 6.92 Å². The van der Waals surface area contributed by atoms with Gasteiger partial charge in [0.2, 0.25) is 0 Å². The Morgan fingerprint density at radius 3 is 2.63 bits per heavy atom. The molecule has 0 amide bonds. The summed E-state index contributed by atoms with van der Waals surface area (Å²) < 4.78 is 58.0. The fourth-order valence-corrected chi connectivity index (χ4v) is 1.35. The molecule has 0 aliphatic carbocycles. The van der Waals surface area contributed by atoms with Crippen molar-refractivity contribution in [3.05, 3.63) is 29.6 Å². The number of ether oxygens (including phenoxy) is 2. The molecule has 0 heterocycles. The maximum atomic E-state index is 13.1. The molecule has 19 heavy (non-hydrogen) atoms. The lowest BCUT2D eigenvalue weighted by Gasteiger charge is -2.13. The third-order valence-electron chi connectivity index (χ3n) is 2.15. The van der Waals surface area contributed by atoms with E-state index in [-0.39, 0.29) is 0 Å². The quantitative estimate of drug-likeness (QED) is 0.473. The van der Waals surface area contributed by atoms with Gasteiger partial charge < -0.3 is 14.8 Å². The van der Waals surface area contributed by atoms with Gasteiger partial charge in [0.15, 0.2) is 6.79 Å². The van der Waals surface area contributed by atoms with Crippen LogP contribution < -0.4 is 10.1 Å². The van der Waals surface area contributed by atoms with Gasteiger partial charge in [0, 0.05) is 12.1 Å². The molecular formula is C12H15F4NO2. The summed E-state index contributed by atoms with van der Waals surface area (Å²) in [5.41, 5.74) is 0.525. The molecule has 0 aliphatic rings. The number of hydrogen-bond acceptors (Lipinski definition) is 3. The first kappa shape index (κ1) is 15.7. The lowest BCUT2D eigenvalue weighted by Crippen LogP contribution is -2.19. The van der Waals surface area contributed by atoms with Crippen molar-refractivity contribution in [2.75, 3.05) is 19.9 Å². The lowest BCUT2D eigenvalue weighted by molar-refractivity contribution is -0.186. The van der Waals surface area contributed by atoms with Crippen LogP contribution >= 0.6 is 0 Å². The minimum Gasteiger partial charge on any atom is -0.467 e. The van der Waals surface area contributed by atoms with Gasteiger partial charge in [-0.05, 0) is 24.7 Å². The molecule has 0 saturated carbocycles. The van der Waals surface area contributed by atoms with E-state index in [0.29, 0.717) is 24.4 Å². The Kier molecular flexibility index (Phi) is 6.04. The molecule has 7 heteroatoms. The molecule has 1 aromatic carbocycles. The smallest absolute Gasteiger partial charge is 0.411 e. The van der Waals surface area contributed by atoms with Crippen molar-refractivity contribution in [3.8, 4) is 5.75 Å². The molecule has 0 fully saturated rings. The second-order valence-electron chi connectivity index (χ2n) is 3.76. The Bertz CT molecular complexity index is 396. The molecule has 0 saturated heterocycles. The first-order valence-corrected chi connectivity index (χ1v) is 5.69. The van der Waals surface area contributed by atoms with Gasteiger partial charge in [-0.25, -0.2) is 4.39 Å². The van der Waals surface area contributed by atoms with E-state index in [9.17, 15) is 17.6 Å². The van der Waals surface area contributed by atoms with Crippen molar-refractivity contribution in [2.45, 2.75) is 19.6 Å². The third-order valence-corrected chi connectivity index (χ3v) is 2.15. The second-order valence-corrected chi connectivity index (χ2v) is 3.76. The van der Waals surface area contributed by atoms with E-state index in [2.05, 4.69) is 10.1 Å². The average Bonchev–Trinajstić information content (AvgIpc) is 2.32. The highest BCUT2D eigenvalue weighted by Crippen LogP contribution is 2.20. The molecule has 1 rings (SSSR count). The van der Waals surface area contributed by atoms with Crippen molar-refractivity contribution in [1.29, 1.82) is 0 Å². The van der Waals surface area contributed by atoms with Crippen molar-refractivity contribution >= 4 is 0 Å². The van der Waals surface area contributed by atoms with E-state index in [1.165, 1.54) is 18.2 Å². The number of halogens is 4. The number of nitrogens with one attached hydrogen (secondary N) is 1. The van der Waals surface area contributed by atoms with Crippen LogP contribution in [-0.4, -0.2) is 26.1 Å². The lowest BCUT2D eigenvalue weighted by atomic mass is 10.2. The van der Waals surface area contributed by atoms with Crippen molar-refractivity contribution < 1.29 is 27.0 Å². The van der Waals surface area contributed by atoms with E-state index in [0.717, 1.165) is 0 Å². The standard InChI is InChI=1S/C12H15F4NO2/c1-2-17-6-9-5-10(13)3-4-11(9)19-8-18-7-12(14,15)16/h3-5,17H,2,6-8H2,1H3. The normalized spacial score (nSPS) is 11.6. The summed E-state index contributed by atoms with van der Waals surface area (Å²) in [4.78, 5) is 0. The molecule has 0 unspecified atom stereocenters. The van der Waals surface area contributed by atoms with E-state index in [1.54, 1.807) is 0 Å². The minimum atomic E-state index is -4.39. The zero-order valence-corrected chi connectivity index (χ0v) is 10.4. The fraction of sp³-hybridized carbons (Fsp3) is 0.500. The van der Waals surface area contributed by atoms with Gasteiger partial charge >= 0.3 is 6.18 Å². The van der Waals surface area contributed by atoms with Crippen LogP contribution in [0.2, 0.25) is 0 Å². The maximum absolute atomic E-state index is 13.1. The Morgan fingerprint density at radius 2 is 2.00 bits per heavy atom. The van der Waals surface area contributed by atoms with Crippen molar-refractivity contribution in [3.63, 3.8) is 0 Å². The van der Waals surface area contributed by atoms with Gasteiger partial charge in [-0.3, -0.25) is 0 Å². The maximum Gasteiger partial charge on any atom is 0.411 e. The van der Waals surface area contributed by atoms with Crippen LogP contribution in [-0.2, 0) is 11.3 Å². The number of alkyl halides is 3. The highest BCUT2D eigenvalue weighted by Gasteiger charge is 2.27. The molecule has 1 aromatic rings. The third kappa shape index (κ3) is 6.40. The predicted octanol–water partition coefficient (Wildman–Crippen LogP) is 2.85. The summed E-state index contributed by atoms with van der Waals surface area (Å²) in [5.74, 6) is -0.138. The van der Waals surface area contributed by atoms with E-state index < -0.39 is 25.4 Å². The van der Waals surface area contributed by atoms with Gasteiger partial charge in [-0.15, -0.1) is 0 Å². The minimum absolute atomic E-state index is 0.296. The van der Waals surface area contributed by atoms with Crippen LogP contribution in [0.15, 0.2) is 18.2 Å². The molecule has 0 spiro atoms. The number of hydrogen-bond donors (Lipinski definition) is 1. The molecule has 0 bridgehead atoms. The summed E-state index contributed by atoms with van der Waals surface area (Å²) in [6, 6.07) is 3.80. The van der Waals surface area contributed by atoms with Gasteiger partial charge in [0.05, 0.1) is 0 Å². The molecular weight excluding hydrogens is 266 g/mol. The van der Waals surface area contributed by atoms with Gasteiger partial charge in [-0.1, -0.05) is 6.92 Å². The Labute approximate surface area is 108 Å². The zero-order chi connectivity index (χ0) is 14.3. The Morgan fingerprint density at radius 1 is 1.26 bits per heavy atom. The fourth-order valence-electron chi connectivity index (χ4n) is 1.35. The van der Waals surface area contributed by atoms with Crippen molar-refractivity contribution in [1.82, 2.24) is 5.32 Å². The Balaban J connectivity index is 2.52. The highest BCUT2D eigenvalue weighted by atomic mass is 19.4. The van der Waals surface area contributed by atoms with Crippen LogP contribution in [0.1, 0.15) is 12.5 Å². The topological polar surface area (TPSA) is 30.5 Å². The summed E-state index contributed by atoms with van der Waals surface area (Å²) >= 11 is 0. The summed E-state index contributed by atoms with van der Waals surface area (Å²) in [6.07, 6.45) is -4.39. The summed E-state index contributed by atoms with van der Waals surface area (Å²) in [5, 5.41) is 2.98. The molecule has 0 aromatic heterocycles. The van der Waals surface area contributed by atoms with Crippen LogP contribution in [0.5, 0.6) is 5.75 Å². The zero-order valence-electron chi connectivity index (χ0n) is 10.4. The first-order valence-electron chi connectivity index (χ1n) is 5.69. The molecule has 1 N–H and O–H groups in total. The second kappa shape index (κ2) is 7.30. The predicted molar refractivity (Wildman–Crippen MR) is 61.3 cm³/mol. The van der Waals surface area contributed by atoms with Gasteiger partial charge in [-0.2, -0.15) is 13.2 Å². The highest BCUT2D eigenvalue weighted by molar-refractivity contribution is 5.33. The van der Waals surface area contributed by atoms with Crippen LogP contribution in [0.4, 0.5) is 17.6 Å². The number of benzene rings is 1. The molecule has 0 radical (unpaired) electrons. The Hall–Kier alpha value is -1.34. The van der Waals surface area contributed by atoms with Gasteiger partial charge in [0.25, 0.3) is 0 Å². The van der Waals surface area contributed by atoms with Crippen molar-refractivity contribution in [2.24, 2.45) is 0 Å². The molecule has 0 aliphatic heterocycles. The molecule has 0 atom stereocenters. The molecule has 108 valence electrons. The van der Waals surface area contributed by atoms with E-state index in [4.69, 9.17) is 4.74 Å². The summed E-state index contributed by atoms with van der Waals surface area (Å²) in [7, 11) is 0. The van der Waals surface area contributed by atoms with Gasteiger partial charge in [0.1, 0.15) is 18.2 Å². The monoisotopic (exact) mass is 281 g/mol. The first-order chi connectivity index (χ1) is 8.92. The van der Waals surface area contributed by atoms with Crippen LogP contribution in [0, 0.1) is 5.82 Å².